The molecule has 0 saturated carbocycles. The number of benzene rings is 1. The lowest BCUT2D eigenvalue weighted by atomic mass is 9.97. The molecule has 2 aliphatic rings. The van der Waals surface area contributed by atoms with Crippen molar-refractivity contribution in [2.75, 3.05) is 13.1 Å². The molecule has 1 unspecified atom stereocenters. The maximum atomic E-state index is 13.4. The SMILES string of the molecule is CC1CCCN(C2=C(c3ccc(Cl)cc3Cl)C(=O)N(Cc3cccnc3)C2=O)C1. The molecule has 0 spiro atoms. The van der Waals surface area contributed by atoms with Crippen LogP contribution in [0.15, 0.2) is 48.4 Å². The van der Waals surface area contributed by atoms with Gasteiger partial charge >= 0.3 is 0 Å². The Kier molecular flexibility index (Phi) is 5.61. The predicted octanol–water partition coefficient (Wildman–Crippen LogP) is 4.40. The third kappa shape index (κ3) is 3.89. The largest absolute Gasteiger partial charge is 0.366 e. The van der Waals surface area contributed by atoms with Gasteiger partial charge in [-0.2, -0.15) is 0 Å². The summed E-state index contributed by atoms with van der Waals surface area (Å²) in [4.78, 5) is 34.2. The van der Waals surface area contributed by atoms with Gasteiger partial charge in [0.2, 0.25) is 0 Å². The van der Waals surface area contributed by atoms with Gasteiger partial charge in [0.1, 0.15) is 5.70 Å². The Hall–Kier alpha value is -2.37. The first-order chi connectivity index (χ1) is 14.0. The molecule has 2 amide bonds. The first-order valence-corrected chi connectivity index (χ1v) is 10.4. The average molecular weight is 430 g/mol. The Labute approximate surface area is 179 Å². The molecule has 0 N–H and O–H groups in total. The van der Waals surface area contributed by atoms with E-state index in [9.17, 15) is 9.59 Å². The minimum atomic E-state index is -0.337. The second-order valence-electron chi connectivity index (χ2n) is 7.60. The lowest BCUT2D eigenvalue weighted by Crippen LogP contribution is -2.39. The Morgan fingerprint density at radius 2 is 2.00 bits per heavy atom. The summed E-state index contributed by atoms with van der Waals surface area (Å²) in [6.45, 7) is 3.82. The first-order valence-electron chi connectivity index (χ1n) is 9.65. The number of carbonyl (C=O) groups excluding carboxylic acids is 2. The first kappa shape index (κ1) is 19.9. The molecule has 2 aliphatic heterocycles. The van der Waals surface area contributed by atoms with Crippen LogP contribution >= 0.6 is 23.2 Å². The Balaban J connectivity index is 1.78. The van der Waals surface area contributed by atoms with Crippen LogP contribution in [0.25, 0.3) is 5.57 Å². The van der Waals surface area contributed by atoms with Crippen molar-refractivity contribution < 1.29 is 9.59 Å². The molecule has 3 heterocycles. The van der Waals surface area contributed by atoms with Crippen molar-refractivity contribution in [1.82, 2.24) is 14.8 Å². The van der Waals surface area contributed by atoms with Crippen molar-refractivity contribution in [2.24, 2.45) is 5.92 Å². The molecule has 150 valence electrons. The summed E-state index contributed by atoms with van der Waals surface area (Å²) in [6, 6.07) is 8.64. The number of nitrogens with zero attached hydrogens (tertiary/aromatic N) is 3. The maximum absolute atomic E-state index is 13.4. The highest BCUT2D eigenvalue weighted by Crippen LogP contribution is 2.38. The third-order valence-corrected chi connectivity index (χ3v) is 5.93. The van der Waals surface area contributed by atoms with E-state index in [-0.39, 0.29) is 18.4 Å². The Bertz CT molecular complexity index is 991. The van der Waals surface area contributed by atoms with Gasteiger partial charge in [0, 0.05) is 36.1 Å². The van der Waals surface area contributed by atoms with E-state index < -0.39 is 0 Å². The molecule has 0 radical (unpaired) electrons. The van der Waals surface area contributed by atoms with E-state index in [2.05, 4.69) is 11.9 Å². The molecule has 1 atom stereocenters. The van der Waals surface area contributed by atoms with Crippen LogP contribution in [-0.4, -0.2) is 39.7 Å². The molecule has 1 saturated heterocycles. The predicted molar refractivity (Wildman–Crippen MR) is 113 cm³/mol. The zero-order valence-corrected chi connectivity index (χ0v) is 17.6. The zero-order valence-electron chi connectivity index (χ0n) is 16.1. The topological polar surface area (TPSA) is 53.5 Å². The van der Waals surface area contributed by atoms with Crippen LogP contribution in [0.2, 0.25) is 10.0 Å². The number of carbonyl (C=O) groups is 2. The second-order valence-corrected chi connectivity index (χ2v) is 8.44. The van der Waals surface area contributed by atoms with Gasteiger partial charge < -0.3 is 4.90 Å². The number of piperidine rings is 1. The molecule has 1 aromatic heterocycles. The normalized spacial score (nSPS) is 20.0. The van der Waals surface area contributed by atoms with E-state index in [1.165, 1.54) is 4.90 Å². The maximum Gasteiger partial charge on any atom is 0.278 e. The number of likely N-dealkylation sites (tertiary alicyclic amines) is 1. The minimum absolute atomic E-state index is 0.174. The summed E-state index contributed by atoms with van der Waals surface area (Å²) in [7, 11) is 0. The van der Waals surface area contributed by atoms with E-state index in [0.29, 0.717) is 32.8 Å². The number of imide groups is 1. The smallest absolute Gasteiger partial charge is 0.278 e. The van der Waals surface area contributed by atoms with Gasteiger partial charge in [-0.1, -0.05) is 42.3 Å². The quantitative estimate of drug-likeness (QED) is 0.675. The van der Waals surface area contributed by atoms with Crippen molar-refractivity contribution in [2.45, 2.75) is 26.3 Å². The highest BCUT2D eigenvalue weighted by atomic mass is 35.5. The standard InChI is InChI=1S/C22H21Cl2N3O2/c1-14-4-3-9-26(12-14)20-19(17-7-6-16(23)10-18(17)24)21(28)27(22(20)29)13-15-5-2-8-25-11-15/h2,5-8,10-11,14H,3-4,9,12-13H2,1H3. The molecule has 29 heavy (non-hydrogen) atoms. The lowest BCUT2D eigenvalue weighted by molar-refractivity contribution is -0.138. The summed E-state index contributed by atoms with van der Waals surface area (Å²) in [5, 5.41) is 0.843. The fraction of sp³-hybridized carbons (Fsp3) is 0.318. The molecule has 0 bridgehead atoms. The number of pyridine rings is 1. The molecule has 5 nitrogen and oxygen atoms in total. The molecule has 4 rings (SSSR count). The number of rotatable bonds is 4. The van der Waals surface area contributed by atoms with Gasteiger partial charge in [-0.15, -0.1) is 0 Å². The highest BCUT2D eigenvalue weighted by molar-refractivity contribution is 6.41. The molecule has 0 aliphatic carbocycles. The van der Waals surface area contributed by atoms with Crippen LogP contribution in [0, 0.1) is 5.92 Å². The number of amides is 2. The summed E-state index contributed by atoms with van der Waals surface area (Å²) >= 11 is 12.5. The highest BCUT2D eigenvalue weighted by Gasteiger charge is 2.42. The number of halogens is 2. The molecule has 2 aromatic rings. The summed E-state index contributed by atoms with van der Waals surface area (Å²) in [6.07, 6.45) is 5.42. The van der Waals surface area contributed by atoms with Gasteiger partial charge in [-0.05, 0) is 42.5 Å². The molecular weight excluding hydrogens is 409 g/mol. The van der Waals surface area contributed by atoms with Crippen LogP contribution in [0.1, 0.15) is 30.9 Å². The molecule has 1 fully saturated rings. The molecule has 1 aromatic carbocycles. The van der Waals surface area contributed by atoms with E-state index >= 15 is 0 Å². The third-order valence-electron chi connectivity index (χ3n) is 5.38. The summed E-state index contributed by atoms with van der Waals surface area (Å²) < 4.78 is 0. The van der Waals surface area contributed by atoms with Gasteiger partial charge in [0.25, 0.3) is 11.8 Å². The van der Waals surface area contributed by atoms with Gasteiger partial charge in [-0.25, -0.2) is 0 Å². The van der Waals surface area contributed by atoms with Crippen LogP contribution in [-0.2, 0) is 16.1 Å². The van der Waals surface area contributed by atoms with Crippen LogP contribution in [0.4, 0.5) is 0 Å². The van der Waals surface area contributed by atoms with E-state index in [4.69, 9.17) is 23.2 Å². The van der Waals surface area contributed by atoms with E-state index in [1.54, 1.807) is 36.7 Å². The Morgan fingerprint density at radius 3 is 2.69 bits per heavy atom. The fourth-order valence-corrected chi connectivity index (χ4v) is 4.50. The summed E-state index contributed by atoms with van der Waals surface area (Å²) in [5.41, 5.74) is 2.13. The summed E-state index contributed by atoms with van der Waals surface area (Å²) in [5.74, 6) is -0.168. The van der Waals surface area contributed by atoms with E-state index in [1.807, 2.05) is 11.0 Å². The Morgan fingerprint density at radius 1 is 1.17 bits per heavy atom. The lowest BCUT2D eigenvalue weighted by Gasteiger charge is -2.33. The van der Waals surface area contributed by atoms with E-state index in [0.717, 1.165) is 31.5 Å². The molecule has 7 heteroatoms. The number of hydrogen-bond acceptors (Lipinski definition) is 4. The number of hydrogen-bond donors (Lipinski definition) is 0. The molecular formula is C22H21Cl2N3O2. The van der Waals surface area contributed by atoms with Gasteiger partial charge in [0.15, 0.2) is 0 Å². The minimum Gasteiger partial charge on any atom is -0.366 e. The van der Waals surface area contributed by atoms with Crippen molar-refractivity contribution in [3.05, 3.63) is 69.6 Å². The zero-order chi connectivity index (χ0) is 20.5. The number of aromatic nitrogens is 1. The van der Waals surface area contributed by atoms with Gasteiger partial charge in [-0.3, -0.25) is 19.5 Å². The van der Waals surface area contributed by atoms with Crippen molar-refractivity contribution in [3.8, 4) is 0 Å². The van der Waals surface area contributed by atoms with Crippen molar-refractivity contribution in [1.29, 1.82) is 0 Å². The van der Waals surface area contributed by atoms with Crippen LogP contribution in [0.3, 0.4) is 0 Å². The monoisotopic (exact) mass is 429 g/mol. The average Bonchev–Trinajstić information content (AvgIpc) is 2.93. The van der Waals surface area contributed by atoms with Crippen molar-refractivity contribution in [3.63, 3.8) is 0 Å². The van der Waals surface area contributed by atoms with Crippen LogP contribution < -0.4 is 0 Å². The van der Waals surface area contributed by atoms with Crippen LogP contribution in [0.5, 0.6) is 0 Å². The second kappa shape index (κ2) is 8.17. The van der Waals surface area contributed by atoms with Gasteiger partial charge in [0.05, 0.1) is 17.1 Å². The fourth-order valence-electron chi connectivity index (χ4n) is 4.00. The van der Waals surface area contributed by atoms with Crippen molar-refractivity contribution >= 4 is 40.6 Å².